The first kappa shape index (κ1) is 22.3. The second-order valence-electron chi connectivity index (χ2n) is 9.60. The van der Waals surface area contributed by atoms with Crippen LogP contribution in [0, 0.1) is 13.8 Å². The SMILES string of the molecule is Cc1cccc(C=Nn2c3nc4ccccc4nc3c3c(=O)n(CCC4=CCCCC4)c(C)[nH+]c32)c1. The van der Waals surface area contributed by atoms with Crippen LogP contribution < -0.4 is 10.5 Å². The Balaban J connectivity index is 1.56. The molecular weight excluding hydrogens is 448 g/mol. The lowest BCUT2D eigenvalue weighted by molar-refractivity contribution is -0.368. The summed E-state index contributed by atoms with van der Waals surface area (Å²) >= 11 is 0. The highest BCUT2D eigenvalue weighted by Gasteiger charge is 2.26. The van der Waals surface area contributed by atoms with Gasteiger partial charge in [-0.15, -0.1) is 9.78 Å². The van der Waals surface area contributed by atoms with E-state index in [-0.39, 0.29) is 5.56 Å². The molecule has 1 aliphatic rings. The molecule has 5 aromatic rings. The molecule has 0 bridgehead atoms. The van der Waals surface area contributed by atoms with Gasteiger partial charge in [-0.2, -0.15) is 0 Å². The first-order valence-electron chi connectivity index (χ1n) is 12.6. The number of hydrogen-bond donors (Lipinski definition) is 0. The molecule has 0 amide bonds. The molecule has 3 heterocycles. The lowest BCUT2D eigenvalue weighted by Crippen LogP contribution is -2.31. The van der Waals surface area contributed by atoms with Crippen molar-refractivity contribution < 1.29 is 4.98 Å². The number of para-hydroxylation sites is 2. The second kappa shape index (κ2) is 9.15. The molecule has 0 saturated carbocycles. The number of aryl methyl sites for hydroxylation is 2. The van der Waals surface area contributed by atoms with Crippen molar-refractivity contribution in [2.45, 2.75) is 52.5 Å². The van der Waals surface area contributed by atoms with E-state index in [9.17, 15) is 4.79 Å². The third kappa shape index (κ3) is 4.00. The van der Waals surface area contributed by atoms with Crippen molar-refractivity contribution in [3.8, 4) is 0 Å². The molecule has 7 heteroatoms. The van der Waals surface area contributed by atoms with Crippen LogP contribution in [0.3, 0.4) is 0 Å². The Kier molecular flexibility index (Phi) is 5.68. The maximum absolute atomic E-state index is 13.9. The minimum absolute atomic E-state index is 0.0586. The molecule has 1 N–H and O–H groups in total. The van der Waals surface area contributed by atoms with E-state index in [1.54, 1.807) is 10.9 Å². The molecule has 180 valence electrons. The molecule has 0 fully saturated rings. The van der Waals surface area contributed by atoms with Crippen LogP contribution in [0.1, 0.15) is 49.1 Å². The molecular formula is C29H29N6O+. The number of benzene rings is 2. The molecule has 7 nitrogen and oxygen atoms in total. The topological polar surface area (TPSA) is 79.2 Å². The fourth-order valence-corrected chi connectivity index (χ4v) is 5.12. The number of fused-ring (bicyclic) bond motifs is 4. The Morgan fingerprint density at radius 1 is 1.06 bits per heavy atom. The average Bonchev–Trinajstić information content (AvgIpc) is 3.18. The van der Waals surface area contributed by atoms with Gasteiger partial charge in [0, 0.05) is 6.92 Å². The maximum atomic E-state index is 13.9. The van der Waals surface area contributed by atoms with E-state index in [4.69, 9.17) is 15.1 Å². The van der Waals surface area contributed by atoms with Gasteiger partial charge >= 0.3 is 5.56 Å². The highest BCUT2D eigenvalue weighted by atomic mass is 16.1. The quantitative estimate of drug-likeness (QED) is 0.261. The molecule has 0 radical (unpaired) electrons. The Labute approximate surface area is 208 Å². The molecule has 0 aliphatic heterocycles. The van der Waals surface area contributed by atoms with Crippen molar-refractivity contribution >= 4 is 39.4 Å². The molecule has 2 aromatic carbocycles. The zero-order valence-corrected chi connectivity index (χ0v) is 20.7. The first-order chi connectivity index (χ1) is 17.6. The van der Waals surface area contributed by atoms with Crippen molar-refractivity contribution in [2.75, 3.05) is 0 Å². The van der Waals surface area contributed by atoms with Gasteiger partial charge in [0.1, 0.15) is 5.52 Å². The molecule has 0 spiro atoms. The van der Waals surface area contributed by atoms with Gasteiger partial charge < -0.3 is 0 Å². The zero-order chi connectivity index (χ0) is 24.6. The minimum Gasteiger partial charge on any atom is -0.250 e. The number of rotatable bonds is 5. The molecule has 36 heavy (non-hydrogen) atoms. The van der Waals surface area contributed by atoms with Crippen LogP contribution in [0.25, 0.3) is 33.2 Å². The number of allylic oxidation sites excluding steroid dienone is 2. The summed E-state index contributed by atoms with van der Waals surface area (Å²) in [5, 5.41) is 5.29. The summed E-state index contributed by atoms with van der Waals surface area (Å²) in [6.45, 7) is 4.64. The van der Waals surface area contributed by atoms with E-state index in [1.165, 1.54) is 18.4 Å². The lowest BCUT2D eigenvalue weighted by atomic mass is 9.97. The van der Waals surface area contributed by atoms with Gasteiger partial charge in [-0.1, -0.05) is 53.6 Å². The monoisotopic (exact) mass is 477 g/mol. The van der Waals surface area contributed by atoms with Crippen molar-refractivity contribution in [3.63, 3.8) is 0 Å². The van der Waals surface area contributed by atoms with E-state index in [0.29, 0.717) is 28.7 Å². The second-order valence-corrected chi connectivity index (χ2v) is 9.60. The summed E-state index contributed by atoms with van der Waals surface area (Å²) in [7, 11) is 0. The summed E-state index contributed by atoms with van der Waals surface area (Å²) in [4.78, 5) is 27.1. The first-order valence-corrected chi connectivity index (χ1v) is 12.6. The predicted molar refractivity (Wildman–Crippen MR) is 143 cm³/mol. The van der Waals surface area contributed by atoms with Gasteiger partial charge in [-0.25, -0.2) is 24.3 Å². The molecule has 0 atom stereocenters. The van der Waals surface area contributed by atoms with Crippen LogP contribution in [0.15, 0.2) is 70.1 Å². The Morgan fingerprint density at radius 3 is 2.67 bits per heavy atom. The number of aromatic amines is 1. The van der Waals surface area contributed by atoms with Gasteiger partial charge in [-0.05, 0) is 56.7 Å². The molecule has 0 saturated heterocycles. The normalized spacial score (nSPS) is 14.3. The largest absolute Gasteiger partial charge is 0.323 e. The number of H-pyrrole nitrogens is 1. The van der Waals surface area contributed by atoms with Gasteiger partial charge in [-0.3, -0.25) is 0 Å². The van der Waals surface area contributed by atoms with Crippen LogP contribution in [-0.4, -0.2) is 25.4 Å². The predicted octanol–water partition coefficient (Wildman–Crippen LogP) is 5.10. The van der Waals surface area contributed by atoms with Gasteiger partial charge in [0.05, 0.1) is 23.8 Å². The van der Waals surface area contributed by atoms with E-state index in [2.05, 4.69) is 30.1 Å². The number of nitrogens with zero attached hydrogens (tertiary/aromatic N) is 5. The highest BCUT2D eigenvalue weighted by molar-refractivity contribution is 6.03. The molecule has 0 unspecified atom stereocenters. The van der Waals surface area contributed by atoms with Crippen molar-refractivity contribution in [1.29, 1.82) is 0 Å². The van der Waals surface area contributed by atoms with Crippen LogP contribution in [0.2, 0.25) is 0 Å². The number of nitrogens with one attached hydrogen (secondary N) is 1. The van der Waals surface area contributed by atoms with Crippen molar-refractivity contribution in [2.24, 2.45) is 5.10 Å². The van der Waals surface area contributed by atoms with E-state index in [0.717, 1.165) is 47.2 Å². The zero-order valence-electron chi connectivity index (χ0n) is 20.7. The van der Waals surface area contributed by atoms with Gasteiger partial charge in [0.2, 0.25) is 11.5 Å². The Morgan fingerprint density at radius 2 is 1.89 bits per heavy atom. The van der Waals surface area contributed by atoms with E-state index < -0.39 is 0 Å². The summed E-state index contributed by atoms with van der Waals surface area (Å²) in [5.74, 6) is 0.795. The Hall–Kier alpha value is -4.13. The lowest BCUT2D eigenvalue weighted by Gasteiger charge is -2.12. The molecule has 1 aliphatic carbocycles. The minimum atomic E-state index is -0.0586. The smallest absolute Gasteiger partial charge is 0.250 e. The van der Waals surface area contributed by atoms with Gasteiger partial charge in [0.25, 0.3) is 5.65 Å². The number of aromatic nitrogens is 5. The third-order valence-corrected chi connectivity index (χ3v) is 7.01. The Bertz CT molecular complexity index is 1740. The summed E-state index contributed by atoms with van der Waals surface area (Å²) in [5.41, 5.74) is 6.78. The summed E-state index contributed by atoms with van der Waals surface area (Å²) in [6, 6.07) is 15.9. The van der Waals surface area contributed by atoms with Gasteiger partial charge in [0.15, 0.2) is 5.39 Å². The van der Waals surface area contributed by atoms with Crippen LogP contribution in [0.4, 0.5) is 0 Å². The highest BCUT2D eigenvalue weighted by Crippen LogP contribution is 2.25. The van der Waals surface area contributed by atoms with Crippen molar-refractivity contribution in [1.82, 2.24) is 19.2 Å². The van der Waals surface area contributed by atoms with Crippen LogP contribution in [-0.2, 0) is 6.54 Å². The summed E-state index contributed by atoms with van der Waals surface area (Å²) in [6.07, 6.45) is 9.80. The average molecular weight is 478 g/mol. The fourth-order valence-electron chi connectivity index (χ4n) is 5.12. The molecule has 3 aromatic heterocycles. The van der Waals surface area contributed by atoms with E-state index in [1.807, 2.05) is 47.9 Å². The standard InChI is InChI=1S/C29H28N6O/c1-19-9-8-12-22(17-19)18-30-35-27-25(26-28(35)33-24-14-7-6-13-23(24)32-26)29(36)34(20(2)31-27)16-15-21-10-4-3-5-11-21/h6-10,12-14,17-18H,3-5,11,15-16H2,1-2H3/p+1. The molecule has 6 rings (SSSR count). The third-order valence-electron chi connectivity index (χ3n) is 7.01. The van der Waals surface area contributed by atoms with Crippen LogP contribution in [0.5, 0.6) is 0 Å². The fraction of sp³-hybridized carbons (Fsp3) is 0.276. The number of hydrogen-bond acceptors (Lipinski definition) is 4. The maximum Gasteiger partial charge on any atom is 0.323 e. The summed E-state index contributed by atoms with van der Waals surface area (Å²) < 4.78 is 3.55. The van der Waals surface area contributed by atoms with Crippen molar-refractivity contribution in [3.05, 3.63) is 87.5 Å². The van der Waals surface area contributed by atoms with E-state index >= 15 is 0 Å². The van der Waals surface area contributed by atoms with Crippen LogP contribution >= 0.6 is 0 Å².